The summed E-state index contributed by atoms with van der Waals surface area (Å²) < 4.78 is 5.57. The monoisotopic (exact) mass is 593 g/mol. The zero-order valence-corrected chi connectivity index (χ0v) is 25.7. The van der Waals surface area contributed by atoms with Crippen molar-refractivity contribution in [1.29, 1.82) is 0 Å². The van der Waals surface area contributed by atoms with Crippen LogP contribution in [0.4, 0.5) is 11.4 Å². The molecular weight excluding hydrogens is 546 g/mol. The Morgan fingerprint density at radius 1 is 1.12 bits per heavy atom. The van der Waals surface area contributed by atoms with Crippen LogP contribution >= 0.6 is 0 Å². The molecule has 0 radical (unpaired) electrons. The van der Waals surface area contributed by atoms with Gasteiger partial charge in [0.15, 0.2) is 5.65 Å². The summed E-state index contributed by atoms with van der Waals surface area (Å²) in [5, 5.41) is 27.1. The SMILES string of the molecule is CCc1nc2[nH]ncc2c(NC2CCOCC2)c1[C@@H](CC)NC(=O)c1ccc(NC(=O)CCCCCN(C)CCO)cc1. The van der Waals surface area contributed by atoms with E-state index < -0.39 is 0 Å². The highest BCUT2D eigenvalue weighted by Crippen LogP contribution is 2.35. The maximum Gasteiger partial charge on any atom is 0.251 e. The molecule has 11 heteroatoms. The first-order chi connectivity index (χ1) is 20.9. The molecule has 1 aliphatic rings. The van der Waals surface area contributed by atoms with Gasteiger partial charge < -0.3 is 30.7 Å². The van der Waals surface area contributed by atoms with Crippen LogP contribution in [0.2, 0.25) is 0 Å². The van der Waals surface area contributed by atoms with Gasteiger partial charge in [-0.15, -0.1) is 0 Å². The predicted octanol–water partition coefficient (Wildman–Crippen LogP) is 4.42. The van der Waals surface area contributed by atoms with Crippen LogP contribution in [0.15, 0.2) is 30.5 Å². The van der Waals surface area contributed by atoms with Gasteiger partial charge in [0, 0.05) is 54.7 Å². The lowest BCUT2D eigenvalue weighted by atomic mass is 9.96. The second-order valence-electron chi connectivity index (χ2n) is 11.3. The number of carbonyl (C=O) groups excluding carboxylic acids is 2. The van der Waals surface area contributed by atoms with Gasteiger partial charge in [-0.1, -0.05) is 20.3 Å². The van der Waals surface area contributed by atoms with Crippen molar-refractivity contribution in [3.05, 3.63) is 47.3 Å². The van der Waals surface area contributed by atoms with Gasteiger partial charge in [-0.25, -0.2) is 4.98 Å². The van der Waals surface area contributed by atoms with Crippen LogP contribution in [0.5, 0.6) is 0 Å². The van der Waals surface area contributed by atoms with Gasteiger partial charge in [0.05, 0.1) is 29.9 Å². The number of rotatable bonds is 16. The molecule has 0 bridgehead atoms. The van der Waals surface area contributed by atoms with Gasteiger partial charge >= 0.3 is 0 Å². The fourth-order valence-corrected chi connectivity index (χ4v) is 5.55. The largest absolute Gasteiger partial charge is 0.395 e. The standard InChI is InChI=1S/C32H47N7O4/c1-4-26-29(30(25-21-33-38-31(25)36-26)35-24-14-19-43-20-15-24)27(5-2)37-32(42)22-10-12-23(13-11-22)34-28(41)9-7-6-8-16-39(3)17-18-40/h10-13,21,24,27,40H,4-9,14-20H2,1-3H3,(H,34,41)(H,37,42)(H2,33,35,36,38)/t27-/m1/s1. The van der Waals surface area contributed by atoms with Gasteiger partial charge in [-0.2, -0.15) is 5.10 Å². The zero-order chi connectivity index (χ0) is 30.6. The average Bonchev–Trinajstić information content (AvgIpc) is 3.49. The number of aliphatic hydroxyl groups is 1. The van der Waals surface area contributed by atoms with E-state index in [0.717, 1.165) is 79.8 Å². The number of nitrogens with one attached hydrogen (secondary N) is 4. The molecule has 0 aliphatic carbocycles. The number of carbonyl (C=O) groups is 2. The number of fused-ring (bicyclic) bond motifs is 1. The Bertz CT molecular complexity index is 1320. The molecule has 1 aliphatic heterocycles. The Hall–Kier alpha value is -3.54. The highest BCUT2D eigenvalue weighted by atomic mass is 16.5. The van der Waals surface area contributed by atoms with Crippen LogP contribution in [0.25, 0.3) is 11.0 Å². The number of likely N-dealkylation sites (N-methyl/N-ethyl adjacent to an activating group) is 1. The minimum absolute atomic E-state index is 0.0363. The number of pyridine rings is 1. The molecule has 4 rings (SSSR count). The lowest BCUT2D eigenvalue weighted by Gasteiger charge is -2.29. The van der Waals surface area contributed by atoms with Crippen LogP contribution < -0.4 is 16.0 Å². The average molecular weight is 594 g/mol. The van der Waals surface area contributed by atoms with Crippen LogP contribution in [0.1, 0.15) is 86.5 Å². The summed E-state index contributed by atoms with van der Waals surface area (Å²) in [6.45, 7) is 7.32. The lowest BCUT2D eigenvalue weighted by Crippen LogP contribution is -2.32. The first kappa shape index (κ1) is 32.4. The maximum absolute atomic E-state index is 13.4. The molecular formula is C32H47N7O4. The number of nitrogens with zero attached hydrogens (tertiary/aromatic N) is 3. The summed E-state index contributed by atoms with van der Waals surface area (Å²) in [7, 11) is 1.98. The van der Waals surface area contributed by atoms with Crippen LogP contribution in [0.3, 0.4) is 0 Å². The van der Waals surface area contributed by atoms with E-state index in [1.165, 1.54) is 0 Å². The molecule has 1 fully saturated rings. The number of ether oxygens (including phenoxy) is 1. The fraction of sp³-hybridized carbons (Fsp3) is 0.562. The molecule has 0 saturated carbocycles. The van der Waals surface area contributed by atoms with Crippen molar-refractivity contribution < 1.29 is 19.4 Å². The van der Waals surface area contributed by atoms with E-state index in [0.29, 0.717) is 37.1 Å². The highest BCUT2D eigenvalue weighted by Gasteiger charge is 2.26. The summed E-state index contributed by atoms with van der Waals surface area (Å²) in [6.07, 6.45) is 8.24. The van der Waals surface area contributed by atoms with E-state index in [4.69, 9.17) is 14.8 Å². The van der Waals surface area contributed by atoms with Gasteiger partial charge in [-0.3, -0.25) is 14.7 Å². The quantitative estimate of drug-likeness (QED) is 0.154. The third-order valence-electron chi connectivity index (χ3n) is 8.04. The third-order valence-corrected chi connectivity index (χ3v) is 8.04. The van der Waals surface area contributed by atoms with Gasteiger partial charge in [0.2, 0.25) is 5.91 Å². The Kier molecular flexibility index (Phi) is 12.3. The number of amides is 2. The first-order valence-corrected chi connectivity index (χ1v) is 15.6. The van der Waals surface area contributed by atoms with E-state index >= 15 is 0 Å². The van der Waals surface area contributed by atoms with Crippen molar-refractivity contribution in [3.8, 4) is 0 Å². The van der Waals surface area contributed by atoms with Crippen molar-refractivity contribution in [1.82, 2.24) is 25.4 Å². The van der Waals surface area contributed by atoms with E-state index in [9.17, 15) is 9.59 Å². The molecule has 11 nitrogen and oxygen atoms in total. The summed E-state index contributed by atoms with van der Waals surface area (Å²) in [5.74, 6) is -0.215. The Balaban J connectivity index is 1.39. The van der Waals surface area contributed by atoms with Gasteiger partial charge in [0.25, 0.3) is 5.91 Å². The number of aryl methyl sites for hydroxylation is 1. The third kappa shape index (κ3) is 8.98. The number of hydrogen-bond donors (Lipinski definition) is 5. The number of H-pyrrole nitrogens is 1. The van der Waals surface area contributed by atoms with Crippen molar-refractivity contribution in [2.45, 2.75) is 77.3 Å². The summed E-state index contributed by atoms with van der Waals surface area (Å²) in [5.41, 5.74) is 4.83. The Labute approximate surface area is 254 Å². The molecule has 43 heavy (non-hydrogen) atoms. The van der Waals surface area contributed by atoms with Crippen molar-refractivity contribution >= 4 is 34.2 Å². The number of aromatic nitrogens is 3. The van der Waals surface area contributed by atoms with E-state index in [1.807, 2.05) is 7.05 Å². The number of hydrogen-bond acceptors (Lipinski definition) is 8. The molecule has 1 saturated heterocycles. The normalized spacial score (nSPS) is 14.6. The van der Waals surface area contributed by atoms with E-state index in [-0.39, 0.29) is 30.5 Å². The molecule has 3 heterocycles. The summed E-state index contributed by atoms with van der Waals surface area (Å²) in [6, 6.07) is 7.05. The van der Waals surface area contributed by atoms with E-state index in [2.05, 4.69) is 44.9 Å². The zero-order valence-electron chi connectivity index (χ0n) is 25.7. The predicted molar refractivity (Wildman–Crippen MR) is 169 cm³/mol. The topological polar surface area (TPSA) is 144 Å². The molecule has 0 unspecified atom stereocenters. The van der Waals surface area contributed by atoms with Crippen molar-refractivity contribution in [3.63, 3.8) is 0 Å². The van der Waals surface area contributed by atoms with Crippen LogP contribution in [-0.2, 0) is 16.0 Å². The molecule has 2 aromatic heterocycles. The van der Waals surface area contributed by atoms with Gasteiger partial charge in [0.1, 0.15) is 0 Å². The highest BCUT2D eigenvalue weighted by molar-refractivity contribution is 5.97. The first-order valence-electron chi connectivity index (χ1n) is 15.6. The summed E-state index contributed by atoms with van der Waals surface area (Å²) >= 11 is 0. The molecule has 1 atom stereocenters. The van der Waals surface area contributed by atoms with Crippen LogP contribution in [-0.4, -0.2) is 83.0 Å². The molecule has 234 valence electrons. The number of aromatic amines is 1. The smallest absolute Gasteiger partial charge is 0.251 e. The maximum atomic E-state index is 13.4. The van der Waals surface area contributed by atoms with E-state index in [1.54, 1.807) is 30.5 Å². The Morgan fingerprint density at radius 2 is 1.88 bits per heavy atom. The molecule has 5 N–H and O–H groups in total. The second kappa shape index (κ2) is 16.3. The molecule has 0 spiro atoms. The summed E-state index contributed by atoms with van der Waals surface area (Å²) in [4.78, 5) is 32.8. The second-order valence-corrected chi connectivity index (χ2v) is 11.3. The van der Waals surface area contributed by atoms with Crippen LogP contribution in [0, 0.1) is 0 Å². The fourth-order valence-electron chi connectivity index (χ4n) is 5.55. The number of benzene rings is 1. The molecule has 3 aromatic rings. The number of anilines is 2. The van der Waals surface area contributed by atoms with Crippen molar-refractivity contribution in [2.24, 2.45) is 0 Å². The minimum Gasteiger partial charge on any atom is -0.395 e. The lowest BCUT2D eigenvalue weighted by molar-refractivity contribution is -0.116. The van der Waals surface area contributed by atoms with Crippen molar-refractivity contribution in [2.75, 3.05) is 50.6 Å². The Morgan fingerprint density at radius 3 is 2.58 bits per heavy atom. The number of unbranched alkanes of at least 4 members (excludes halogenated alkanes) is 2. The van der Waals surface area contributed by atoms with Gasteiger partial charge in [-0.05, 0) is 76.4 Å². The molecule has 1 aromatic carbocycles. The molecule has 2 amide bonds. The minimum atomic E-state index is -0.251. The number of aliphatic hydroxyl groups excluding tert-OH is 1.